The summed E-state index contributed by atoms with van der Waals surface area (Å²) in [4.78, 5) is 16.5. The Balaban J connectivity index is 1.95. The molecule has 0 aromatic heterocycles. The van der Waals surface area contributed by atoms with Gasteiger partial charge in [0.2, 0.25) is 0 Å². The molecule has 2 heterocycles. The number of allylic oxidation sites excluding steroid dienone is 1. The van der Waals surface area contributed by atoms with Gasteiger partial charge < -0.3 is 0 Å². The number of fused-ring (bicyclic) bond motifs is 1. The van der Waals surface area contributed by atoms with Crippen LogP contribution in [0.3, 0.4) is 0 Å². The molecule has 1 atom stereocenters. The molecule has 0 radical (unpaired) electrons. The standard InChI is InChI=1S/C14H12ClN3O/c1-9-11(13(19)10-5-3-2-4-6-10)7-18-12(9)14(15)16-8-17-18/h2-6,8,11H,7H2,1H3. The number of carbonyl (C=O) groups is 1. The van der Waals surface area contributed by atoms with Crippen molar-refractivity contribution in [2.45, 2.75) is 6.92 Å². The molecule has 0 aliphatic carbocycles. The Labute approximate surface area is 116 Å². The number of nitrogens with zero attached hydrogens (tertiary/aromatic N) is 3. The van der Waals surface area contributed by atoms with Gasteiger partial charge in [0.25, 0.3) is 0 Å². The highest BCUT2D eigenvalue weighted by molar-refractivity contribution is 6.70. The largest absolute Gasteiger partial charge is 0.293 e. The summed E-state index contributed by atoms with van der Waals surface area (Å²) in [5.74, 6) is -0.115. The minimum Gasteiger partial charge on any atom is -0.293 e. The van der Waals surface area contributed by atoms with Gasteiger partial charge in [-0.15, -0.1) is 0 Å². The van der Waals surface area contributed by atoms with Crippen LogP contribution >= 0.6 is 11.6 Å². The number of ketones is 1. The molecule has 0 fully saturated rings. The first kappa shape index (κ1) is 12.1. The van der Waals surface area contributed by atoms with E-state index >= 15 is 0 Å². The number of carbonyl (C=O) groups excluding carboxylic acids is 1. The SMILES string of the molecule is CC1=C2C(Cl)=NC=NN2CC1C(=O)c1ccccc1. The average molecular weight is 274 g/mol. The maximum Gasteiger partial charge on any atom is 0.171 e. The van der Waals surface area contributed by atoms with Gasteiger partial charge >= 0.3 is 0 Å². The van der Waals surface area contributed by atoms with E-state index in [0.717, 1.165) is 11.3 Å². The van der Waals surface area contributed by atoms with Crippen molar-refractivity contribution < 1.29 is 4.79 Å². The molecular formula is C14H12ClN3O. The summed E-state index contributed by atoms with van der Waals surface area (Å²) in [6.07, 6.45) is 1.41. The molecule has 1 unspecified atom stereocenters. The van der Waals surface area contributed by atoms with Crippen molar-refractivity contribution in [1.82, 2.24) is 5.01 Å². The fraction of sp³-hybridized carbons (Fsp3) is 0.214. The molecule has 1 aromatic carbocycles. The molecule has 3 rings (SSSR count). The normalized spacial score (nSPS) is 21.5. The molecule has 5 heteroatoms. The Bertz CT molecular complexity index is 619. The van der Waals surface area contributed by atoms with Crippen molar-refractivity contribution in [3.05, 3.63) is 47.2 Å². The first-order valence-electron chi connectivity index (χ1n) is 6.02. The number of hydrazone groups is 1. The molecule has 2 aliphatic heterocycles. The third kappa shape index (κ3) is 1.98. The van der Waals surface area contributed by atoms with Crippen LogP contribution in [0.4, 0.5) is 0 Å². The number of Topliss-reactive ketones (excluding diaryl/α,β-unsaturated/α-hetero) is 1. The Morgan fingerprint density at radius 2 is 2.11 bits per heavy atom. The lowest BCUT2D eigenvalue weighted by Crippen LogP contribution is -2.24. The minimum absolute atomic E-state index is 0.0969. The maximum absolute atomic E-state index is 12.5. The van der Waals surface area contributed by atoms with Crippen LogP contribution in [0, 0.1) is 5.92 Å². The molecular weight excluding hydrogens is 262 g/mol. The summed E-state index contributed by atoms with van der Waals surface area (Å²) < 4.78 is 0. The smallest absolute Gasteiger partial charge is 0.171 e. The topological polar surface area (TPSA) is 45.0 Å². The zero-order valence-electron chi connectivity index (χ0n) is 10.4. The average Bonchev–Trinajstić information content (AvgIpc) is 2.78. The minimum atomic E-state index is -0.211. The summed E-state index contributed by atoms with van der Waals surface area (Å²) in [5, 5.41) is 6.29. The van der Waals surface area contributed by atoms with Gasteiger partial charge in [0.15, 0.2) is 11.0 Å². The van der Waals surface area contributed by atoms with E-state index in [9.17, 15) is 4.79 Å². The predicted molar refractivity (Wildman–Crippen MR) is 75.4 cm³/mol. The second kappa shape index (κ2) is 4.63. The lowest BCUT2D eigenvalue weighted by molar-refractivity contribution is 0.0933. The van der Waals surface area contributed by atoms with Crippen LogP contribution in [0.25, 0.3) is 0 Å². The number of benzene rings is 1. The van der Waals surface area contributed by atoms with Crippen molar-refractivity contribution in [2.75, 3.05) is 6.54 Å². The fourth-order valence-corrected chi connectivity index (χ4v) is 2.72. The summed E-state index contributed by atoms with van der Waals surface area (Å²) in [6, 6.07) is 9.29. The van der Waals surface area contributed by atoms with Crippen LogP contribution in [0.15, 0.2) is 51.7 Å². The molecule has 1 aromatic rings. The van der Waals surface area contributed by atoms with Gasteiger partial charge in [-0.05, 0) is 12.5 Å². The molecule has 96 valence electrons. The number of halogens is 1. The molecule has 0 saturated carbocycles. The van der Waals surface area contributed by atoms with Crippen LogP contribution < -0.4 is 0 Å². The van der Waals surface area contributed by atoms with Crippen molar-refractivity contribution >= 4 is 28.9 Å². The molecule has 2 aliphatic rings. The monoisotopic (exact) mass is 273 g/mol. The van der Waals surface area contributed by atoms with Crippen LogP contribution in [-0.4, -0.2) is 28.8 Å². The Morgan fingerprint density at radius 3 is 2.79 bits per heavy atom. The number of hydrogen-bond acceptors (Lipinski definition) is 4. The van der Waals surface area contributed by atoms with Crippen LogP contribution in [0.1, 0.15) is 17.3 Å². The fourth-order valence-electron chi connectivity index (χ4n) is 2.43. The van der Waals surface area contributed by atoms with Gasteiger partial charge in [-0.1, -0.05) is 41.9 Å². The number of aliphatic imine (C=N–C) groups is 1. The van der Waals surface area contributed by atoms with Gasteiger partial charge in [-0.3, -0.25) is 9.80 Å². The molecule has 4 nitrogen and oxygen atoms in total. The van der Waals surface area contributed by atoms with E-state index in [1.54, 1.807) is 5.01 Å². The Kier molecular flexibility index (Phi) is 2.95. The van der Waals surface area contributed by atoms with Crippen molar-refractivity contribution in [3.63, 3.8) is 0 Å². The molecule has 0 spiro atoms. The van der Waals surface area contributed by atoms with E-state index in [1.165, 1.54) is 6.34 Å². The van der Waals surface area contributed by atoms with Crippen LogP contribution in [0.5, 0.6) is 0 Å². The third-order valence-corrected chi connectivity index (χ3v) is 3.72. The highest BCUT2D eigenvalue weighted by Gasteiger charge is 2.36. The summed E-state index contributed by atoms with van der Waals surface area (Å²) in [7, 11) is 0. The molecule has 0 bridgehead atoms. The van der Waals surface area contributed by atoms with Crippen molar-refractivity contribution in [2.24, 2.45) is 16.0 Å². The van der Waals surface area contributed by atoms with E-state index in [4.69, 9.17) is 11.6 Å². The summed E-state index contributed by atoms with van der Waals surface area (Å²) >= 11 is 6.08. The van der Waals surface area contributed by atoms with E-state index < -0.39 is 0 Å². The number of hydrogen-bond donors (Lipinski definition) is 0. The van der Waals surface area contributed by atoms with Crippen molar-refractivity contribution in [3.8, 4) is 0 Å². The van der Waals surface area contributed by atoms with Gasteiger partial charge in [0.05, 0.1) is 18.2 Å². The van der Waals surface area contributed by atoms with Gasteiger partial charge in [0.1, 0.15) is 6.34 Å². The molecule has 19 heavy (non-hydrogen) atoms. The second-order valence-electron chi connectivity index (χ2n) is 4.55. The maximum atomic E-state index is 12.5. The lowest BCUT2D eigenvalue weighted by Gasteiger charge is -2.17. The molecule has 0 saturated heterocycles. The van der Waals surface area contributed by atoms with E-state index in [1.807, 2.05) is 37.3 Å². The highest BCUT2D eigenvalue weighted by Crippen LogP contribution is 2.33. The second-order valence-corrected chi connectivity index (χ2v) is 4.91. The zero-order chi connectivity index (χ0) is 13.4. The van der Waals surface area contributed by atoms with Crippen molar-refractivity contribution in [1.29, 1.82) is 0 Å². The summed E-state index contributed by atoms with van der Waals surface area (Å²) in [6.45, 7) is 2.44. The van der Waals surface area contributed by atoms with Gasteiger partial charge in [-0.25, -0.2) is 4.99 Å². The quantitative estimate of drug-likeness (QED) is 0.778. The van der Waals surface area contributed by atoms with E-state index in [0.29, 0.717) is 17.3 Å². The highest BCUT2D eigenvalue weighted by atomic mass is 35.5. The first-order valence-corrected chi connectivity index (χ1v) is 6.40. The number of rotatable bonds is 2. The van der Waals surface area contributed by atoms with E-state index in [-0.39, 0.29) is 11.7 Å². The molecule has 0 amide bonds. The predicted octanol–water partition coefficient (Wildman–Crippen LogP) is 2.67. The van der Waals surface area contributed by atoms with E-state index in [2.05, 4.69) is 10.1 Å². The first-order chi connectivity index (χ1) is 9.18. The Morgan fingerprint density at radius 1 is 1.37 bits per heavy atom. The Hall–Kier alpha value is -1.94. The molecule has 0 N–H and O–H groups in total. The lowest BCUT2D eigenvalue weighted by atomic mass is 9.93. The van der Waals surface area contributed by atoms with Gasteiger partial charge in [-0.2, -0.15) is 5.10 Å². The zero-order valence-corrected chi connectivity index (χ0v) is 11.1. The van der Waals surface area contributed by atoms with Gasteiger partial charge in [0, 0.05) is 5.56 Å². The third-order valence-electron chi connectivity index (χ3n) is 3.44. The summed E-state index contributed by atoms with van der Waals surface area (Å²) in [5.41, 5.74) is 2.40. The van der Waals surface area contributed by atoms with Crippen LogP contribution in [0.2, 0.25) is 0 Å². The van der Waals surface area contributed by atoms with Crippen LogP contribution in [-0.2, 0) is 0 Å².